The molecule has 0 aliphatic heterocycles. The lowest BCUT2D eigenvalue weighted by Gasteiger charge is -2.26. The molecule has 8 amide bonds. The number of carbonyl (C=O) groups is 8. The number of nitrogens with two attached hydrogens (primary N) is 2. The summed E-state index contributed by atoms with van der Waals surface area (Å²) in [6.45, 7) is 20.9. The Kier molecular flexibility index (Phi) is 24.1. The van der Waals surface area contributed by atoms with Crippen molar-refractivity contribution in [3.63, 3.8) is 0 Å². The van der Waals surface area contributed by atoms with Crippen molar-refractivity contribution in [3.05, 3.63) is 0 Å². The van der Waals surface area contributed by atoms with Gasteiger partial charge < -0.3 is 67.6 Å². The van der Waals surface area contributed by atoms with Crippen LogP contribution in [-0.2, 0) is 38.1 Å². The molecular formula is C40H75N9O12. The lowest BCUT2D eigenvalue weighted by Crippen LogP contribution is -2.57. The van der Waals surface area contributed by atoms with Gasteiger partial charge in [0.2, 0.25) is 23.6 Å². The Bertz CT molecular complexity index is 1450. The zero-order valence-corrected chi connectivity index (χ0v) is 38.3. The second-order valence-corrected chi connectivity index (χ2v) is 18.5. The molecule has 0 aromatic rings. The van der Waals surface area contributed by atoms with E-state index in [0.717, 1.165) is 0 Å². The summed E-state index contributed by atoms with van der Waals surface area (Å²) in [5.74, 6) is -3.10. The Morgan fingerprint density at radius 3 is 0.934 bits per heavy atom. The van der Waals surface area contributed by atoms with Gasteiger partial charge in [-0.1, -0.05) is 0 Å². The first-order chi connectivity index (χ1) is 27.9. The predicted octanol–water partition coefficient (Wildman–Crippen LogP) is 2.47. The van der Waals surface area contributed by atoms with Gasteiger partial charge in [0.05, 0.1) is 6.04 Å². The maximum atomic E-state index is 13.9. The van der Waals surface area contributed by atoms with Crippen molar-refractivity contribution < 1.29 is 57.3 Å². The highest BCUT2D eigenvalue weighted by Crippen LogP contribution is 2.11. The third kappa shape index (κ3) is 30.6. The van der Waals surface area contributed by atoms with Gasteiger partial charge in [0.15, 0.2) is 0 Å². The number of amides is 8. The number of hydrogen-bond donors (Lipinski definition) is 9. The van der Waals surface area contributed by atoms with Crippen LogP contribution in [0.1, 0.15) is 134 Å². The summed E-state index contributed by atoms with van der Waals surface area (Å²) in [6, 6.07) is -4.82. The van der Waals surface area contributed by atoms with Gasteiger partial charge >= 0.3 is 24.4 Å². The summed E-state index contributed by atoms with van der Waals surface area (Å²) in [6.07, 6.45) is -1.65. The zero-order chi connectivity index (χ0) is 47.2. The molecule has 61 heavy (non-hydrogen) atoms. The molecule has 0 saturated heterocycles. The van der Waals surface area contributed by atoms with Gasteiger partial charge in [0, 0.05) is 26.2 Å². The predicted molar refractivity (Wildman–Crippen MR) is 227 cm³/mol. The van der Waals surface area contributed by atoms with E-state index >= 15 is 0 Å². The zero-order valence-electron chi connectivity index (χ0n) is 38.3. The van der Waals surface area contributed by atoms with E-state index in [2.05, 4.69) is 37.2 Å². The summed E-state index contributed by atoms with van der Waals surface area (Å²) < 4.78 is 20.9. The molecule has 0 spiro atoms. The van der Waals surface area contributed by atoms with Gasteiger partial charge in [0.1, 0.15) is 40.5 Å². The van der Waals surface area contributed by atoms with Gasteiger partial charge in [-0.3, -0.25) is 19.2 Å². The van der Waals surface area contributed by atoms with Crippen LogP contribution in [-0.4, -0.2) is 121 Å². The second kappa shape index (κ2) is 26.3. The summed E-state index contributed by atoms with van der Waals surface area (Å²) in [5, 5.41) is 18.2. The first-order valence-electron chi connectivity index (χ1n) is 20.7. The van der Waals surface area contributed by atoms with Crippen LogP contribution in [0.2, 0.25) is 0 Å². The van der Waals surface area contributed by atoms with Crippen LogP contribution in [0, 0.1) is 0 Å². The van der Waals surface area contributed by atoms with Crippen molar-refractivity contribution in [2.45, 2.75) is 181 Å². The first kappa shape index (κ1) is 55.9. The number of ether oxygens (including phenoxy) is 4. The van der Waals surface area contributed by atoms with E-state index < -0.39 is 94.6 Å². The molecule has 21 heteroatoms. The average Bonchev–Trinajstić information content (AvgIpc) is 3.07. The number of alkyl carbamates (subject to hydrolysis) is 4. The monoisotopic (exact) mass is 874 g/mol. The van der Waals surface area contributed by atoms with Crippen LogP contribution < -0.4 is 48.7 Å². The number of carbonyl (C=O) groups excluding carboxylic acids is 8. The SMILES string of the molecule is CC(C)(C)OC(=O)NCCC[C@@H](N)C(=O)N[C@H](CCCNC(=O)OC(C)(C)C)C(=O)N[C@H](CCCNC(=O)OC(C)(C)C)C(=O)N[C@H](CCCNC(=O)OC(C)(C)C)C(N)=O. The molecule has 0 aromatic heterocycles. The Hall–Kier alpha value is -5.08. The quantitative estimate of drug-likeness (QED) is 0.0527. The third-order valence-electron chi connectivity index (χ3n) is 7.64. The molecule has 0 heterocycles. The van der Waals surface area contributed by atoms with Crippen molar-refractivity contribution in [1.29, 1.82) is 0 Å². The summed E-state index contributed by atoms with van der Waals surface area (Å²) in [4.78, 5) is 102. The highest BCUT2D eigenvalue weighted by molar-refractivity contribution is 5.94. The lowest BCUT2D eigenvalue weighted by atomic mass is 10.0. The fourth-order valence-electron chi connectivity index (χ4n) is 5.04. The molecule has 4 atom stereocenters. The smallest absolute Gasteiger partial charge is 0.407 e. The van der Waals surface area contributed by atoms with E-state index in [4.69, 9.17) is 30.4 Å². The van der Waals surface area contributed by atoms with Gasteiger partial charge in [-0.2, -0.15) is 0 Å². The van der Waals surface area contributed by atoms with Crippen LogP contribution in [0.25, 0.3) is 0 Å². The minimum Gasteiger partial charge on any atom is -0.444 e. The standard InChI is InChI=1S/C40H75N9O12/c1-37(2,3)58-33(54)43-21-13-17-25(41)30(51)48-27(19-15-23-45-35(56)60-39(7,8)9)32(53)49-28(20-16-24-46-36(57)61-40(10,11)12)31(52)47-26(29(42)50)18-14-22-44-34(55)59-38(4,5)6/h25-28H,13-24,41H2,1-12H3,(H2,42,50)(H,43,54)(H,44,55)(H,45,56)(H,46,57)(H,47,52)(H,48,51)(H,49,53)/t25-,26-,27-,28-/m1/s1. The fraction of sp³-hybridized carbons (Fsp3) is 0.800. The maximum absolute atomic E-state index is 13.9. The summed E-state index contributed by atoms with van der Waals surface area (Å²) in [7, 11) is 0. The van der Waals surface area contributed by atoms with Gasteiger partial charge in [-0.25, -0.2) is 19.2 Å². The van der Waals surface area contributed by atoms with E-state index in [9.17, 15) is 38.4 Å². The van der Waals surface area contributed by atoms with Crippen molar-refractivity contribution in [3.8, 4) is 0 Å². The molecule has 11 N–H and O–H groups in total. The van der Waals surface area contributed by atoms with Crippen LogP contribution in [0.15, 0.2) is 0 Å². The van der Waals surface area contributed by atoms with E-state index in [1.54, 1.807) is 83.1 Å². The number of rotatable bonds is 23. The molecule has 352 valence electrons. The minimum atomic E-state index is -1.29. The molecule has 21 nitrogen and oxygen atoms in total. The van der Waals surface area contributed by atoms with Gasteiger partial charge in [-0.05, 0) is 134 Å². The van der Waals surface area contributed by atoms with Crippen LogP contribution >= 0.6 is 0 Å². The molecule has 0 aliphatic rings. The van der Waals surface area contributed by atoms with Crippen molar-refractivity contribution in [2.24, 2.45) is 11.5 Å². The Morgan fingerprint density at radius 1 is 0.410 bits per heavy atom. The molecule has 0 radical (unpaired) electrons. The van der Waals surface area contributed by atoms with Gasteiger partial charge in [0.25, 0.3) is 0 Å². The summed E-state index contributed by atoms with van der Waals surface area (Å²) in [5.41, 5.74) is 8.86. The molecule has 0 saturated carbocycles. The second-order valence-electron chi connectivity index (χ2n) is 18.5. The molecule has 0 rings (SSSR count). The van der Waals surface area contributed by atoms with Crippen LogP contribution in [0.5, 0.6) is 0 Å². The van der Waals surface area contributed by atoms with Crippen molar-refractivity contribution in [2.75, 3.05) is 26.2 Å². The molecule has 0 aromatic carbocycles. The van der Waals surface area contributed by atoms with Crippen molar-refractivity contribution >= 4 is 48.0 Å². The van der Waals surface area contributed by atoms with Crippen molar-refractivity contribution in [1.82, 2.24) is 37.2 Å². The maximum Gasteiger partial charge on any atom is 0.407 e. The number of nitrogens with one attached hydrogen (secondary N) is 7. The normalized spacial score (nSPS) is 13.8. The number of primary amides is 1. The van der Waals surface area contributed by atoms with E-state index in [1.165, 1.54) is 0 Å². The van der Waals surface area contributed by atoms with E-state index in [1.807, 2.05) is 0 Å². The Morgan fingerprint density at radius 2 is 0.656 bits per heavy atom. The van der Waals surface area contributed by atoms with Gasteiger partial charge in [-0.15, -0.1) is 0 Å². The van der Waals surface area contributed by atoms with E-state index in [0.29, 0.717) is 6.42 Å². The molecule has 0 unspecified atom stereocenters. The van der Waals surface area contributed by atoms with Crippen LogP contribution in [0.3, 0.4) is 0 Å². The van der Waals surface area contributed by atoms with Crippen LogP contribution in [0.4, 0.5) is 19.2 Å². The van der Waals surface area contributed by atoms with E-state index in [-0.39, 0.29) is 71.1 Å². The molecule has 0 bridgehead atoms. The highest BCUT2D eigenvalue weighted by atomic mass is 16.6. The molecular weight excluding hydrogens is 798 g/mol. The fourth-order valence-corrected chi connectivity index (χ4v) is 5.04. The highest BCUT2D eigenvalue weighted by Gasteiger charge is 2.30. The number of hydrogen-bond acceptors (Lipinski definition) is 13. The largest absolute Gasteiger partial charge is 0.444 e. The minimum absolute atomic E-state index is 0.0105. The molecule has 0 fully saturated rings. The topological polar surface area (TPSA) is 310 Å². The first-order valence-corrected chi connectivity index (χ1v) is 20.7. The summed E-state index contributed by atoms with van der Waals surface area (Å²) >= 11 is 0. The third-order valence-corrected chi connectivity index (χ3v) is 7.64. The average molecular weight is 874 g/mol. The Labute approximate surface area is 360 Å². The Balaban J connectivity index is 6.06. The lowest BCUT2D eigenvalue weighted by molar-refractivity contribution is -0.133. The molecule has 0 aliphatic carbocycles.